The van der Waals surface area contributed by atoms with Crippen LogP contribution in [0.25, 0.3) is 0 Å². The highest BCUT2D eigenvalue weighted by atomic mass is 32.1. The molecule has 0 amide bonds. The lowest BCUT2D eigenvalue weighted by atomic mass is 10.1. The van der Waals surface area contributed by atoms with Gasteiger partial charge in [-0.2, -0.15) is 0 Å². The zero-order valence-corrected chi connectivity index (χ0v) is 14.6. The predicted molar refractivity (Wildman–Crippen MR) is 92.5 cm³/mol. The van der Waals surface area contributed by atoms with Gasteiger partial charge in [-0.05, 0) is 33.6 Å². The van der Waals surface area contributed by atoms with Crippen LogP contribution < -0.4 is 10.6 Å². The van der Waals surface area contributed by atoms with E-state index in [0.29, 0.717) is 6.54 Å². The fourth-order valence-electron chi connectivity index (χ4n) is 2.35. The molecular weight excluding hydrogens is 296 g/mol. The van der Waals surface area contributed by atoms with E-state index in [1.807, 2.05) is 13.8 Å². The van der Waals surface area contributed by atoms with Crippen LogP contribution in [0.2, 0.25) is 0 Å². The molecule has 0 aliphatic carbocycles. The molecule has 1 aromatic rings. The highest BCUT2D eigenvalue weighted by Gasteiger charge is 2.06. The maximum atomic E-state index is 5.33. The second-order valence-corrected chi connectivity index (χ2v) is 6.59. The number of aliphatic imine (C=N–C) groups is 1. The second-order valence-electron chi connectivity index (χ2n) is 5.30. The standard InChI is InChI=1S/C16H26N4OS/c1-4-17-16(18-8-5-14-6-9-21-10-7-14)19-11-15-12(2)20-13(3)22-15/h6H,4-5,7-11H2,1-3H3,(H2,17,18,19). The molecule has 2 N–H and O–H groups in total. The number of aryl methyl sites for hydroxylation is 2. The quantitative estimate of drug-likeness (QED) is 0.480. The molecule has 0 bridgehead atoms. The molecule has 0 unspecified atom stereocenters. The summed E-state index contributed by atoms with van der Waals surface area (Å²) in [4.78, 5) is 10.3. The Morgan fingerprint density at radius 1 is 1.41 bits per heavy atom. The Balaban J connectivity index is 1.84. The summed E-state index contributed by atoms with van der Waals surface area (Å²) in [5.74, 6) is 0.876. The molecule has 1 aliphatic rings. The number of nitrogens with one attached hydrogen (secondary N) is 2. The summed E-state index contributed by atoms with van der Waals surface area (Å²) in [5, 5.41) is 7.81. The molecule has 22 heavy (non-hydrogen) atoms. The fourth-order valence-corrected chi connectivity index (χ4v) is 3.21. The highest BCUT2D eigenvalue weighted by molar-refractivity contribution is 7.11. The summed E-state index contributed by atoms with van der Waals surface area (Å²) >= 11 is 1.72. The van der Waals surface area contributed by atoms with Crippen molar-refractivity contribution in [3.8, 4) is 0 Å². The lowest BCUT2D eigenvalue weighted by Gasteiger charge is -2.15. The fraction of sp³-hybridized carbons (Fsp3) is 0.625. The minimum atomic E-state index is 0.684. The summed E-state index contributed by atoms with van der Waals surface area (Å²) in [6.45, 7) is 10.2. The smallest absolute Gasteiger partial charge is 0.191 e. The van der Waals surface area contributed by atoms with Crippen molar-refractivity contribution in [2.24, 2.45) is 4.99 Å². The van der Waals surface area contributed by atoms with Crippen LogP contribution in [0, 0.1) is 13.8 Å². The molecule has 0 saturated carbocycles. The Labute approximate surface area is 136 Å². The van der Waals surface area contributed by atoms with Crippen LogP contribution in [-0.2, 0) is 11.3 Å². The molecule has 1 aliphatic heterocycles. The molecule has 6 heteroatoms. The van der Waals surface area contributed by atoms with Crippen molar-refractivity contribution < 1.29 is 4.74 Å². The Morgan fingerprint density at radius 2 is 2.27 bits per heavy atom. The van der Waals surface area contributed by atoms with E-state index in [1.54, 1.807) is 11.3 Å². The zero-order chi connectivity index (χ0) is 15.8. The number of guanidine groups is 1. The minimum Gasteiger partial charge on any atom is -0.377 e. The lowest BCUT2D eigenvalue weighted by molar-refractivity contribution is 0.153. The summed E-state index contributed by atoms with van der Waals surface area (Å²) in [6, 6.07) is 0. The van der Waals surface area contributed by atoms with Crippen molar-refractivity contribution in [2.75, 3.05) is 26.3 Å². The summed E-state index contributed by atoms with van der Waals surface area (Å²) in [5.41, 5.74) is 2.57. The van der Waals surface area contributed by atoms with Crippen LogP contribution in [0.1, 0.15) is 35.3 Å². The molecule has 2 heterocycles. The van der Waals surface area contributed by atoms with E-state index in [1.165, 1.54) is 10.5 Å². The third-order valence-electron chi connectivity index (χ3n) is 3.52. The molecule has 0 saturated heterocycles. The van der Waals surface area contributed by atoms with Crippen molar-refractivity contribution in [1.29, 1.82) is 0 Å². The monoisotopic (exact) mass is 322 g/mol. The van der Waals surface area contributed by atoms with Crippen molar-refractivity contribution >= 4 is 17.3 Å². The van der Waals surface area contributed by atoms with Crippen molar-refractivity contribution in [3.05, 3.63) is 27.2 Å². The molecule has 2 rings (SSSR count). The molecule has 0 aromatic carbocycles. The SMILES string of the molecule is CCNC(=NCc1sc(C)nc1C)NCCC1=CCOCC1. The first-order valence-corrected chi connectivity index (χ1v) is 8.71. The van der Waals surface area contributed by atoms with Gasteiger partial charge < -0.3 is 15.4 Å². The summed E-state index contributed by atoms with van der Waals surface area (Å²) in [7, 11) is 0. The van der Waals surface area contributed by atoms with Crippen molar-refractivity contribution in [3.63, 3.8) is 0 Å². The van der Waals surface area contributed by atoms with Gasteiger partial charge in [0.25, 0.3) is 0 Å². The Kier molecular flexibility index (Phi) is 6.86. The first-order valence-electron chi connectivity index (χ1n) is 7.89. The van der Waals surface area contributed by atoms with Gasteiger partial charge in [-0.3, -0.25) is 0 Å². The molecule has 1 aromatic heterocycles. The molecule has 0 atom stereocenters. The predicted octanol–water partition coefficient (Wildman–Crippen LogP) is 2.55. The average molecular weight is 322 g/mol. The van der Waals surface area contributed by atoms with Gasteiger partial charge in [-0.25, -0.2) is 9.98 Å². The number of ether oxygens (including phenoxy) is 1. The Bertz CT molecular complexity index is 536. The second kappa shape index (κ2) is 8.90. The van der Waals surface area contributed by atoms with Gasteiger partial charge in [0.1, 0.15) is 0 Å². The molecule has 5 nitrogen and oxygen atoms in total. The average Bonchev–Trinajstić information content (AvgIpc) is 2.84. The third kappa shape index (κ3) is 5.42. The first-order chi connectivity index (χ1) is 10.7. The van der Waals surface area contributed by atoms with E-state index >= 15 is 0 Å². The maximum absolute atomic E-state index is 5.33. The van der Waals surface area contributed by atoms with Crippen molar-refractivity contribution in [1.82, 2.24) is 15.6 Å². The van der Waals surface area contributed by atoms with E-state index < -0.39 is 0 Å². The first kappa shape index (κ1) is 17.0. The highest BCUT2D eigenvalue weighted by Crippen LogP contribution is 2.17. The van der Waals surface area contributed by atoms with Crippen LogP contribution in [0.15, 0.2) is 16.6 Å². The van der Waals surface area contributed by atoms with Gasteiger partial charge in [0.15, 0.2) is 5.96 Å². The van der Waals surface area contributed by atoms with Gasteiger partial charge in [-0.1, -0.05) is 11.6 Å². The van der Waals surface area contributed by atoms with Crippen LogP contribution in [-0.4, -0.2) is 37.2 Å². The molecule has 122 valence electrons. The van der Waals surface area contributed by atoms with E-state index in [0.717, 1.165) is 55.8 Å². The normalized spacial score (nSPS) is 15.6. The molecule has 0 fully saturated rings. The molecular formula is C16H26N4OS. The van der Waals surface area contributed by atoms with Crippen LogP contribution >= 0.6 is 11.3 Å². The summed E-state index contributed by atoms with van der Waals surface area (Å²) in [6.07, 6.45) is 4.29. The third-order valence-corrected chi connectivity index (χ3v) is 4.58. The van der Waals surface area contributed by atoms with Crippen LogP contribution in [0.4, 0.5) is 0 Å². The van der Waals surface area contributed by atoms with Gasteiger partial charge >= 0.3 is 0 Å². The number of nitrogens with zero attached hydrogens (tertiary/aromatic N) is 2. The summed E-state index contributed by atoms with van der Waals surface area (Å²) < 4.78 is 5.33. The van der Waals surface area contributed by atoms with E-state index in [4.69, 9.17) is 4.74 Å². The number of hydrogen-bond donors (Lipinski definition) is 2. The topological polar surface area (TPSA) is 58.5 Å². The van der Waals surface area contributed by atoms with Gasteiger partial charge in [0.05, 0.1) is 30.5 Å². The Morgan fingerprint density at radius 3 is 2.91 bits per heavy atom. The number of thiazole rings is 1. The number of aromatic nitrogens is 1. The van der Waals surface area contributed by atoms with E-state index in [9.17, 15) is 0 Å². The minimum absolute atomic E-state index is 0.684. The van der Waals surface area contributed by atoms with Crippen LogP contribution in [0.3, 0.4) is 0 Å². The van der Waals surface area contributed by atoms with Crippen molar-refractivity contribution in [2.45, 2.75) is 40.2 Å². The lowest BCUT2D eigenvalue weighted by Crippen LogP contribution is -2.38. The van der Waals surface area contributed by atoms with Gasteiger partial charge in [0.2, 0.25) is 0 Å². The molecule has 0 spiro atoms. The largest absolute Gasteiger partial charge is 0.377 e. The number of rotatable bonds is 6. The van der Waals surface area contributed by atoms with E-state index in [2.05, 4.69) is 33.6 Å². The van der Waals surface area contributed by atoms with Crippen LogP contribution in [0.5, 0.6) is 0 Å². The Hall–Kier alpha value is -1.40. The molecule has 0 radical (unpaired) electrons. The zero-order valence-electron chi connectivity index (χ0n) is 13.7. The maximum Gasteiger partial charge on any atom is 0.191 e. The van der Waals surface area contributed by atoms with Gasteiger partial charge in [-0.15, -0.1) is 11.3 Å². The van der Waals surface area contributed by atoms with Gasteiger partial charge in [0, 0.05) is 18.0 Å². The number of hydrogen-bond acceptors (Lipinski definition) is 4. The van der Waals surface area contributed by atoms with E-state index in [-0.39, 0.29) is 0 Å².